The molecule has 6 nitrogen and oxygen atoms in total. The summed E-state index contributed by atoms with van der Waals surface area (Å²) in [5.74, 6) is -1.19. The minimum atomic E-state index is -4.13. The van der Waals surface area contributed by atoms with Gasteiger partial charge in [0.15, 0.2) is 0 Å². The standard InChI is InChI=1S/C19H22ClFN2O4S/c1-4-23(28(25,26)18-11-16(21)9-10-17(18)27-3)12-19(24)22-13(2)14-5-7-15(20)8-6-14/h5-11,13H,4,12H2,1-3H3,(H,22,24)/t13-/m0/s1. The van der Waals surface area contributed by atoms with E-state index < -0.39 is 28.3 Å². The van der Waals surface area contributed by atoms with E-state index in [-0.39, 0.29) is 23.2 Å². The number of likely N-dealkylation sites (N-methyl/N-ethyl adjacent to an activating group) is 1. The van der Waals surface area contributed by atoms with Crippen molar-refractivity contribution in [1.29, 1.82) is 0 Å². The average Bonchev–Trinajstić information content (AvgIpc) is 2.66. The fourth-order valence-corrected chi connectivity index (χ4v) is 4.34. The number of hydrogen-bond donors (Lipinski definition) is 1. The van der Waals surface area contributed by atoms with Crippen LogP contribution < -0.4 is 10.1 Å². The van der Waals surface area contributed by atoms with Crippen molar-refractivity contribution in [3.8, 4) is 5.75 Å². The van der Waals surface area contributed by atoms with E-state index in [4.69, 9.17) is 16.3 Å². The molecule has 0 saturated heterocycles. The highest BCUT2D eigenvalue weighted by Gasteiger charge is 2.29. The number of amides is 1. The van der Waals surface area contributed by atoms with Gasteiger partial charge in [-0.2, -0.15) is 4.31 Å². The molecule has 2 aromatic carbocycles. The molecule has 152 valence electrons. The van der Waals surface area contributed by atoms with Crippen LogP contribution in [-0.2, 0) is 14.8 Å². The minimum Gasteiger partial charge on any atom is -0.495 e. The molecule has 0 aliphatic rings. The Morgan fingerprint density at radius 1 is 1.25 bits per heavy atom. The zero-order chi connectivity index (χ0) is 20.9. The third-order valence-corrected chi connectivity index (χ3v) is 6.36. The molecule has 9 heteroatoms. The van der Waals surface area contributed by atoms with Gasteiger partial charge in [0, 0.05) is 11.6 Å². The molecule has 2 rings (SSSR count). The maximum atomic E-state index is 13.6. The number of nitrogens with zero attached hydrogens (tertiary/aromatic N) is 1. The molecule has 0 aliphatic carbocycles. The molecule has 0 aliphatic heterocycles. The van der Waals surface area contributed by atoms with Gasteiger partial charge in [-0.1, -0.05) is 30.7 Å². The van der Waals surface area contributed by atoms with Crippen LogP contribution >= 0.6 is 11.6 Å². The van der Waals surface area contributed by atoms with E-state index in [1.807, 2.05) is 0 Å². The van der Waals surface area contributed by atoms with E-state index in [2.05, 4.69) is 5.32 Å². The van der Waals surface area contributed by atoms with Crippen LogP contribution in [0.5, 0.6) is 5.75 Å². The lowest BCUT2D eigenvalue weighted by Gasteiger charge is -2.22. The van der Waals surface area contributed by atoms with Crippen molar-refractivity contribution in [2.24, 2.45) is 0 Å². The third kappa shape index (κ3) is 5.21. The molecule has 0 spiro atoms. The molecule has 0 aromatic heterocycles. The van der Waals surface area contributed by atoms with Crippen LogP contribution in [0.3, 0.4) is 0 Å². The summed E-state index contributed by atoms with van der Waals surface area (Å²) in [5, 5.41) is 3.33. The van der Waals surface area contributed by atoms with E-state index in [1.54, 1.807) is 38.1 Å². The van der Waals surface area contributed by atoms with Gasteiger partial charge in [0.25, 0.3) is 0 Å². The van der Waals surface area contributed by atoms with Crippen LogP contribution in [0.25, 0.3) is 0 Å². The fraction of sp³-hybridized carbons (Fsp3) is 0.316. The lowest BCUT2D eigenvalue weighted by atomic mass is 10.1. The van der Waals surface area contributed by atoms with Crippen LogP contribution in [0.2, 0.25) is 5.02 Å². The highest BCUT2D eigenvalue weighted by Crippen LogP contribution is 2.27. The van der Waals surface area contributed by atoms with Crippen LogP contribution in [0.4, 0.5) is 4.39 Å². The molecule has 0 unspecified atom stereocenters. The van der Waals surface area contributed by atoms with Crippen molar-refractivity contribution in [3.05, 3.63) is 58.9 Å². The van der Waals surface area contributed by atoms with Gasteiger partial charge in [0.1, 0.15) is 16.5 Å². The molecule has 0 radical (unpaired) electrons. The number of carbonyl (C=O) groups is 1. The van der Waals surface area contributed by atoms with Crippen molar-refractivity contribution in [1.82, 2.24) is 9.62 Å². The normalized spacial score (nSPS) is 12.6. The van der Waals surface area contributed by atoms with Crippen LogP contribution in [0.15, 0.2) is 47.4 Å². The SMILES string of the molecule is CCN(CC(=O)N[C@@H](C)c1ccc(Cl)cc1)S(=O)(=O)c1cc(F)ccc1OC. The topological polar surface area (TPSA) is 75.7 Å². The van der Waals surface area contributed by atoms with Crippen LogP contribution in [-0.4, -0.2) is 38.8 Å². The molecule has 28 heavy (non-hydrogen) atoms. The van der Waals surface area contributed by atoms with Gasteiger partial charge < -0.3 is 10.1 Å². The molecule has 0 heterocycles. The number of halogens is 2. The summed E-state index contributed by atoms with van der Waals surface area (Å²) in [6.07, 6.45) is 0. The van der Waals surface area contributed by atoms with Gasteiger partial charge in [-0.05, 0) is 42.8 Å². The zero-order valence-electron chi connectivity index (χ0n) is 15.8. The maximum Gasteiger partial charge on any atom is 0.247 e. The van der Waals surface area contributed by atoms with Crippen LogP contribution in [0.1, 0.15) is 25.5 Å². The summed E-state index contributed by atoms with van der Waals surface area (Å²) in [5.41, 5.74) is 0.829. The fourth-order valence-electron chi connectivity index (χ4n) is 2.64. The summed E-state index contributed by atoms with van der Waals surface area (Å²) in [6.45, 7) is 3.00. The maximum absolute atomic E-state index is 13.6. The minimum absolute atomic E-state index is 0.00907. The Bertz CT molecular complexity index is 935. The summed E-state index contributed by atoms with van der Waals surface area (Å²) < 4.78 is 45.4. The first-order valence-corrected chi connectivity index (χ1v) is 10.4. The zero-order valence-corrected chi connectivity index (χ0v) is 17.3. The van der Waals surface area contributed by atoms with E-state index in [0.717, 1.165) is 22.0 Å². The molecular formula is C19H22ClFN2O4S. The smallest absolute Gasteiger partial charge is 0.247 e. The van der Waals surface area contributed by atoms with Crippen LogP contribution in [0, 0.1) is 5.82 Å². The Labute approximate surface area is 169 Å². The quantitative estimate of drug-likeness (QED) is 0.699. The number of sulfonamides is 1. The molecule has 2 aromatic rings. The Balaban J connectivity index is 2.17. The molecule has 0 bridgehead atoms. The predicted molar refractivity (Wildman–Crippen MR) is 105 cm³/mol. The number of carbonyl (C=O) groups excluding carboxylic acids is 1. The number of nitrogens with one attached hydrogen (secondary N) is 1. The Hall–Kier alpha value is -2.16. The van der Waals surface area contributed by atoms with E-state index in [1.165, 1.54) is 13.2 Å². The van der Waals surface area contributed by atoms with E-state index in [0.29, 0.717) is 5.02 Å². The average molecular weight is 429 g/mol. The van der Waals surface area contributed by atoms with E-state index in [9.17, 15) is 17.6 Å². The lowest BCUT2D eigenvalue weighted by Crippen LogP contribution is -2.41. The monoisotopic (exact) mass is 428 g/mol. The molecule has 0 saturated carbocycles. The van der Waals surface area contributed by atoms with Crippen molar-refractivity contribution in [2.75, 3.05) is 20.2 Å². The Morgan fingerprint density at radius 2 is 1.89 bits per heavy atom. The van der Waals surface area contributed by atoms with Gasteiger partial charge in [0.2, 0.25) is 15.9 Å². The Kier molecular flexibility index (Phi) is 7.40. The first kappa shape index (κ1) is 22.1. The second-order valence-corrected chi connectivity index (χ2v) is 8.41. The number of methoxy groups -OCH3 is 1. The molecule has 1 N–H and O–H groups in total. The third-order valence-electron chi connectivity index (χ3n) is 4.16. The van der Waals surface area contributed by atoms with Gasteiger partial charge >= 0.3 is 0 Å². The van der Waals surface area contributed by atoms with Gasteiger partial charge in [0.05, 0.1) is 19.7 Å². The summed E-state index contributed by atoms with van der Waals surface area (Å²) >= 11 is 5.86. The lowest BCUT2D eigenvalue weighted by molar-refractivity contribution is -0.121. The number of benzene rings is 2. The van der Waals surface area contributed by atoms with Crippen molar-refractivity contribution < 1.29 is 22.3 Å². The molecular weight excluding hydrogens is 407 g/mol. The van der Waals surface area contributed by atoms with Crippen molar-refractivity contribution >= 4 is 27.5 Å². The van der Waals surface area contributed by atoms with Crippen molar-refractivity contribution in [2.45, 2.75) is 24.8 Å². The molecule has 0 fully saturated rings. The molecule has 1 atom stereocenters. The highest BCUT2D eigenvalue weighted by atomic mass is 35.5. The van der Waals surface area contributed by atoms with E-state index >= 15 is 0 Å². The first-order chi connectivity index (χ1) is 13.2. The summed E-state index contributed by atoms with van der Waals surface area (Å²) in [6, 6.07) is 9.85. The van der Waals surface area contributed by atoms with Gasteiger partial charge in [-0.15, -0.1) is 0 Å². The molecule has 1 amide bonds. The Morgan fingerprint density at radius 3 is 2.46 bits per heavy atom. The number of rotatable bonds is 8. The second kappa shape index (κ2) is 9.36. The van der Waals surface area contributed by atoms with Gasteiger partial charge in [-0.3, -0.25) is 4.79 Å². The predicted octanol–water partition coefficient (Wildman–Crippen LogP) is 3.38. The number of ether oxygens (including phenoxy) is 1. The summed E-state index contributed by atoms with van der Waals surface area (Å²) in [7, 11) is -2.83. The van der Waals surface area contributed by atoms with Crippen molar-refractivity contribution in [3.63, 3.8) is 0 Å². The second-order valence-electron chi connectivity index (χ2n) is 6.07. The summed E-state index contributed by atoms with van der Waals surface area (Å²) in [4.78, 5) is 12.1. The largest absolute Gasteiger partial charge is 0.495 e. The first-order valence-electron chi connectivity index (χ1n) is 8.57. The highest BCUT2D eigenvalue weighted by molar-refractivity contribution is 7.89. The van der Waals surface area contributed by atoms with Gasteiger partial charge in [-0.25, -0.2) is 12.8 Å². The number of hydrogen-bond acceptors (Lipinski definition) is 4.